The molecular formula is C19H27Cl3N2O3. The summed E-state index contributed by atoms with van der Waals surface area (Å²) in [6, 6.07) is 8.30. The molecule has 8 heteroatoms. The Balaban J connectivity index is 0.00000338. The molecule has 0 aliphatic heterocycles. The van der Waals surface area contributed by atoms with Gasteiger partial charge in [-0.05, 0) is 62.9 Å². The van der Waals surface area contributed by atoms with Crippen molar-refractivity contribution < 1.29 is 14.3 Å². The Morgan fingerprint density at radius 1 is 1.19 bits per heavy atom. The number of hydrogen-bond acceptors (Lipinski definition) is 4. The minimum atomic E-state index is -0.987. The van der Waals surface area contributed by atoms with Gasteiger partial charge in [-0.15, -0.1) is 24.8 Å². The van der Waals surface area contributed by atoms with E-state index in [4.69, 9.17) is 21.1 Å². The lowest BCUT2D eigenvalue weighted by molar-refractivity contribution is 0.0697. The largest absolute Gasteiger partial charge is 0.478 e. The van der Waals surface area contributed by atoms with Gasteiger partial charge < -0.3 is 19.7 Å². The van der Waals surface area contributed by atoms with Crippen molar-refractivity contribution in [2.45, 2.75) is 26.8 Å². The van der Waals surface area contributed by atoms with Crippen LogP contribution in [0.4, 0.5) is 0 Å². The smallest absolute Gasteiger partial charge is 0.335 e. The van der Waals surface area contributed by atoms with Crippen molar-refractivity contribution in [3.63, 3.8) is 0 Å². The fourth-order valence-corrected chi connectivity index (χ4v) is 2.85. The van der Waals surface area contributed by atoms with E-state index in [1.54, 1.807) is 6.07 Å². The van der Waals surface area contributed by atoms with Gasteiger partial charge in [0.15, 0.2) is 0 Å². The molecule has 5 nitrogen and oxygen atoms in total. The molecule has 0 unspecified atom stereocenters. The molecule has 0 saturated carbocycles. The normalized spacial score (nSPS) is 10.4. The maximum Gasteiger partial charge on any atom is 0.335 e. The maximum atomic E-state index is 11.1. The van der Waals surface area contributed by atoms with E-state index in [1.165, 1.54) is 12.1 Å². The average molecular weight is 438 g/mol. The summed E-state index contributed by atoms with van der Waals surface area (Å²) in [5.41, 5.74) is 0.779. The number of nitrogens with one attached hydrogen (secondary N) is 1. The SMILES string of the molecule is CCN(CC)CCCNCc1ccc(-c2cc(C(=O)O)ccc2Cl)o1.Cl.Cl. The third-order valence-electron chi connectivity index (χ3n) is 4.16. The molecule has 0 amide bonds. The highest BCUT2D eigenvalue weighted by atomic mass is 35.5. The second-order valence-corrected chi connectivity index (χ2v) is 6.23. The Hall–Kier alpha value is -1.24. The zero-order valence-electron chi connectivity index (χ0n) is 15.5. The lowest BCUT2D eigenvalue weighted by atomic mass is 10.1. The number of nitrogens with zero attached hydrogens (tertiary/aromatic N) is 1. The third kappa shape index (κ3) is 7.72. The lowest BCUT2D eigenvalue weighted by Gasteiger charge is -2.17. The predicted molar refractivity (Wildman–Crippen MR) is 115 cm³/mol. The molecule has 0 fully saturated rings. The van der Waals surface area contributed by atoms with E-state index >= 15 is 0 Å². The molecule has 0 saturated heterocycles. The van der Waals surface area contributed by atoms with Crippen molar-refractivity contribution in [3.8, 4) is 11.3 Å². The summed E-state index contributed by atoms with van der Waals surface area (Å²) in [5.74, 6) is 0.391. The second-order valence-electron chi connectivity index (χ2n) is 5.82. The van der Waals surface area contributed by atoms with Crippen LogP contribution in [0.25, 0.3) is 11.3 Å². The number of furan rings is 1. The van der Waals surface area contributed by atoms with Gasteiger partial charge in [0.05, 0.1) is 17.1 Å². The van der Waals surface area contributed by atoms with E-state index in [1.807, 2.05) is 12.1 Å². The van der Waals surface area contributed by atoms with Gasteiger partial charge in [0.1, 0.15) is 11.5 Å². The molecule has 27 heavy (non-hydrogen) atoms. The first-order chi connectivity index (χ1) is 12.0. The Morgan fingerprint density at radius 3 is 2.52 bits per heavy atom. The summed E-state index contributed by atoms with van der Waals surface area (Å²) < 4.78 is 5.80. The van der Waals surface area contributed by atoms with Gasteiger partial charge in [-0.2, -0.15) is 0 Å². The van der Waals surface area contributed by atoms with E-state index in [9.17, 15) is 4.79 Å². The molecule has 2 aromatic rings. The lowest BCUT2D eigenvalue weighted by Crippen LogP contribution is -2.27. The number of carboxylic acid groups (broad SMARTS) is 1. The molecule has 0 spiro atoms. The molecular weight excluding hydrogens is 411 g/mol. The Bertz CT molecular complexity index is 703. The van der Waals surface area contributed by atoms with E-state index in [0.29, 0.717) is 22.9 Å². The first-order valence-corrected chi connectivity index (χ1v) is 8.98. The van der Waals surface area contributed by atoms with Crippen LogP contribution in [0.2, 0.25) is 5.02 Å². The number of halogens is 3. The van der Waals surface area contributed by atoms with Crippen molar-refractivity contribution in [2.24, 2.45) is 0 Å². The van der Waals surface area contributed by atoms with Gasteiger partial charge >= 0.3 is 5.97 Å². The molecule has 1 heterocycles. The molecule has 1 aromatic carbocycles. The second kappa shape index (κ2) is 13.0. The zero-order valence-corrected chi connectivity index (χ0v) is 17.9. The Morgan fingerprint density at radius 2 is 1.89 bits per heavy atom. The van der Waals surface area contributed by atoms with Gasteiger partial charge in [0, 0.05) is 5.56 Å². The van der Waals surface area contributed by atoms with Gasteiger partial charge in [-0.3, -0.25) is 0 Å². The van der Waals surface area contributed by atoms with Crippen molar-refractivity contribution >= 4 is 42.4 Å². The first kappa shape index (κ1) is 25.8. The Kier molecular flexibility index (Phi) is 12.4. The maximum absolute atomic E-state index is 11.1. The monoisotopic (exact) mass is 436 g/mol. The standard InChI is InChI=1S/C19H25ClN2O3.2ClH/c1-3-22(4-2)11-5-10-21-13-15-7-9-18(25-15)16-12-14(19(23)24)6-8-17(16)20;;/h6-9,12,21H,3-5,10-11,13H2,1-2H3,(H,23,24);2*1H. The topological polar surface area (TPSA) is 65.7 Å². The molecule has 0 radical (unpaired) electrons. The number of carbonyl (C=O) groups is 1. The minimum absolute atomic E-state index is 0. The van der Waals surface area contributed by atoms with E-state index in [0.717, 1.165) is 38.4 Å². The summed E-state index contributed by atoms with van der Waals surface area (Å²) in [4.78, 5) is 13.5. The van der Waals surface area contributed by atoms with E-state index in [-0.39, 0.29) is 30.4 Å². The predicted octanol–water partition coefficient (Wildman–Crippen LogP) is 4.96. The highest BCUT2D eigenvalue weighted by Crippen LogP contribution is 2.30. The molecule has 0 aliphatic carbocycles. The summed E-state index contributed by atoms with van der Waals surface area (Å²) >= 11 is 6.17. The van der Waals surface area contributed by atoms with Crippen LogP contribution in [0, 0.1) is 0 Å². The number of carboxylic acids is 1. The van der Waals surface area contributed by atoms with Crippen molar-refractivity contribution in [3.05, 3.63) is 46.7 Å². The quantitative estimate of drug-likeness (QED) is 0.514. The van der Waals surface area contributed by atoms with Crippen LogP contribution >= 0.6 is 36.4 Å². The van der Waals surface area contributed by atoms with E-state index in [2.05, 4.69) is 24.1 Å². The summed E-state index contributed by atoms with van der Waals surface area (Å²) in [5, 5.41) is 12.9. The highest BCUT2D eigenvalue weighted by molar-refractivity contribution is 6.33. The molecule has 2 rings (SSSR count). The van der Waals surface area contributed by atoms with Crippen LogP contribution in [0.5, 0.6) is 0 Å². The molecule has 0 bridgehead atoms. The minimum Gasteiger partial charge on any atom is -0.478 e. The first-order valence-electron chi connectivity index (χ1n) is 8.60. The number of benzene rings is 1. The van der Waals surface area contributed by atoms with Gasteiger partial charge in [0.2, 0.25) is 0 Å². The molecule has 2 N–H and O–H groups in total. The van der Waals surface area contributed by atoms with Crippen molar-refractivity contribution in [1.82, 2.24) is 10.2 Å². The molecule has 1 aromatic heterocycles. The van der Waals surface area contributed by atoms with Crippen LogP contribution in [-0.2, 0) is 6.54 Å². The van der Waals surface area contributed by atoms with Crippen LogP contribution in [-0.4, -0.2) is 42.2 Å². The van der Waals surface area contributed by atoms with Gasteiger partial charge in [0.25, 0.3) is 0 Å². The zero-order chi connectivity index (χ0) is 18.2. The summed E-state index contributed by atoms with van der Waals surface area (Å²) in [6.45, 7) is 9.14. The third-order valence-corrected chi connectivity index (χ3v) is 4.49. The Labute approximate surface area is 177 Å². The number of hydrogen-bond donors (Lipinski definition) is 2. The van der Waals surface area contributed by atoms with Crippen LogP contribution in [0.3, 0.4) is 0 Å². The van der Waals surface area contributed by atoms with Crippen LogP contribution in [0.1, 0.15) is 36.4 Å². The molecule has 0 aliphatic rings. The van der Waals surface area contributed by atoms with Crippen LogP contribution < -0.4 is 5.32 Å². The fourth-order valence-electron chi connectivity index (χ4n) is 2.64. The number of aromatic carboxylic acids is 1. The average Bonchev–Trinajstić information content (AvgIpc) is 3.07. The fraction of sp³-hybridized carbons (Fsp3) is 0.421. The summed E-state index contributed by atoms with van der Waals surface area (Å²) in [6.07, 6.45) is 1.09. The van der Waals surface area contributed by atoms with Gasteiger partial charge in [-0.25, -0.2) is 4.79 Å². The molecule has 152 valence electrons. The molecule has 0 atom stereocenters. The number of rotatable bonds is 10. The highest BCUT2D eigenvalue weighted by Gasteiger charge is 2.12. The van der Waals surface area contributed by atoms with Gasteiger partial charge in [-0.1, -0.05) is 25.4 Å². The van der Waals surface area contributed by atoms with Crippen LogP contribution in [0.15, 0.2) is 34.7 Å². The van der Waals surface area contributed by atoms with E-state index < -0.39 is 5.97 Å². The van der Waals surface area contributed by atoms with Crippen molar-refractivity contribution in [2.75, 3.05) is 26.2 Å². The van der Waals surface area contributed by atoms with Crippen molar-refractivity contribution in [1.29, 1.82) is 0 Å². The summed E-state index contributed by atoms with van der Waals surface area (Å²) in [7, 11) is 0.